The van der Waals surface area contributed by atoms with E-state index in [-0.39, 0.29) is 18.5 Å². The van der Waals surface area contributed by atoms with Crippen LogP contribution >= 0.6 is 0 Å². The second-order valence-corrected chi connectivity index (χ2v) is 6.06. The van der Waals surface area contributed by atoms with Crippen molar-refractivity contribution in [1.29, 1.82) is 0 Å². The Kier molecular flexibility index (Phi) is 3.83. The average Bonchev–Trinajstić information content (AvgIpc) is 2.48. The smallest absolute Gasteiger partial charge is 0.410 e. The number of ether oxygens (including phenoxy) is 1. The number of rotatable bonds is 0. The van der Waals surface area contributed by atoms with E-state index in [0.29, 0.717) is 6.54 Å². The minimum atomic E-state index is -0.528. The Labute approximate surface area is 114 Å². The summed E-state index contributed by atoms with van der Waals surface area (Å²) in [6, 6.07) is 0.133. The highest BCUT2D eigenvalue weighted by Crippen LogP contribution is 2.19. The van der Waals surface area contributed by atoms with Crippen LogP contribution in [-0.4, -0.2) is 53.1 Å². The van der Waals surface area contributed by atoms with Crippen LogP contribution in [0.2, 0.25) is 0 Å². The standard InChI is InChI=1S/C14H22N2O3/c1-14(2,3)19-13(18)15-9-7-11-6-4-5-8-16(11)12(17)10-15/h4,6,11H,5,7-10H2,1-3H3/t11-/m0/s1. The first kappa shape index (κ1) is 13.9. The van der Waals surface area contributed by atoms with Crippen LogP contribution in [-0.2, 0) is 9.53 Å². The van der Waals surface area contributed by atoms with Crippen molar-refractivity contribution in [3.63, 3.8) is 0 Å². The molecule has 2 amide bonds. The van der Waals surface area contributed by atoms with E-state index in [1.165, 1.54) is 4.90 Å². The predicted molar refractivity (Wildman–Crippen MR) is 71.7 cm³/mol. The van der Waals surface area contributed by atoms with Crippen LogP contribution in [0.3, 0.4) is 0 Å². The molecule has 1 fully saturated rings. The lowest BCUT2D eigenvalue weighted by Crippen LogP contribution is -2.44. The van der Waals surface area contributed by atoms with Crippen LogP contribution < -0.4 is 0 Å². The second-order valence-electron chi connectivity index (χ2n) is 6.06. The number of carbonyl (C=O) groups excluding carboxylic acids is 2. The maximum Gasteiger partial charge on any atom is 0.410 e. The third-order valence-electron chi connectivity index (χ3n) is 3.29. The SMILES string of the molecule is CC(C)(C)OC(=O)N1CC[C@@H]2C=CCCN2C(=O)C1. The van der Waals surface area contributed by atoms with Gasteiger partial charge >= 0.3 is 6.09 Å². The van der Waals surface area contributed by atoms with E-state index >= 15 is 0 Å². The van der Waals surface area contributed by atoms with Crippen LogP contribution in [0.1, 0.15) is 33.6 Å². The van der Waals surface area contributed by atoms with Gasteiger partial charge in [0.2, 0.25) is 5.91 Å². The van der Waals surface area contributed by atoms with Gasteiger partial charge in [-0.1, -0.05) is 12.2 Å². The fraction of sp³-hybridized carbons (Fsp3) is 0.714. The highest BCUT2D eigenvalue weighted by molar-refractivity contribution is 5.83. The fourth-order valence-corrected chi connectivity index (χ4v) is 2.40. The van der Waals surface area contributed by atoms with Crippen molar-refractivity contribution in [2.75, 3.05) is 19.6 Å². The van der Waals surface area contributed by atoms with Crippen molar-refractivity contribution in [2.24, 2.45) is 0 Å². The van der Waals surface area contributed by atoms with Gasteiger partial charge in [-0.05, 0) is 33.6 Å². The molecule has 1 saturated heterocycles. The van der Waals surface area contributed by atoms with E-state index in [1.54, 1.807) is 0 Å². The van der Waals surface area contributed by atoms with Crippen LogP contribution in [0.25, 0.3) is 0 Å². The number of fused-ring (bicyclic) bond motifs is 1. The lowest BCUT2D eigenvalue weighted by Gasteiger charge is -2.30. The first-order chi connectivity index (χ1) is 8.87. The van der Waals surface area contributed by atoms with E-state index < -0.39 is 11.7 Å². The highest BCUT2D eigenvalue weighted by Gasteiger charge is 2.32. The fourth-order valence-electron chi connectivity index (χ4n) is 2.40. The molecule has 0 N–H and O–H groups in total. The molecular weight excluding hydrogens is 244 g/mol. The first-order valence-corrected chi connectivity index (χ1v) is 6.81. The molecule has 2 rings (SSSR count). The molecule has 0 aliphatic carbocycles. The maximum absolute atomic E-state index is 12.2. The molecule has 0 bridgehead atoms. The molecule has 0 aromatic heterocycles. The van der Waals surface area contributed by atoms with Crippen molar-refractivity contribution < 1.29 is 14.3 Å². The Balaban J connectivity index is 2.04. The summed E-state index contributed by atoms with van der Waals surface area (Å²) < 4.78 is 5.33. The topological polar surface area (TPSA) is 49.9 Å². The van der Waals surface area contributed by atoms with Crippen LogP contribution in [0.4, 0.5) is 4.79 Å². The van der Waals surface area contributed by atoms with Crippen molar-refractivity contribution in [3.8, 4) is 0 Å². The van der Waals surface area contributed by atoms with Gasteiger partial charge in [0.1, 0.15) is 12.1 Å². The predicted octanol–water partition coefficient (Wildman–Crippen LogP) is 1.78. The van der Waals surface area contributed by atoms with E-state index in [9.17, 15) is 9.59 Å². The summed E-state index contributed by atoms with van der Waals surface area (Å²) in [6.45, 7) is 6.93. The molecule has 0 aromatic carbocycles. The van der Waals surface area contributed by atoms with Crippen LogP contribution in [0.15, 0.2) is 12.2 Å². The molecule has 19 heavy (non-hydrogen) atoms. The Hall–Kier alpha value is -1.52. The van der Waals surface area contributed by atoms with Gasteiger partial charge in [0.15, 0.2) is 0 Å². The zero-order valence-corrected chi connectivity index (χ0v) is 11.9. The number of amides is 2. The molecule has 5 heteroatoms. The molecule has 2 aliphatic rings. The van der Waals surface area contributed by atoms with Gasteiger partial charge in [0.05, 0.1) is 6.04 Å². The molecule has 0 aromatic rings. The minimum absolute atomic E-state index is 0.0118. The van der Waals surface area contributed by atoms with Gasteiger partial charge in [-0.15, -0.1) is 0 Å². The molecule has 0 unspecified atom stereocenters. The lowest BCUT2D eigenvalue weighted by molar-refractivity contribution is -0.132. The Morgan fingerprint density at radius 3 is 2.79 bits per heavy atom. The van der Waals surface area contributed by atoms with Gasteiger partial charge in [0, 0.05) is 13.1 Å². The molecule has 2 heterocycles. The summed E-state index contributed by atoms with van der Waals surface area (Å²) in [5.74, 6) is 0.0118. The quantitative estimate of drug-likeness (QED) is 0.628. The Morgan fingerprint density at radius 1 is 1.37 bits per heavy atom. The molecular formula is C14H22N2O3. The number of nitrogens with zero attached hydrogens (tertiary/aromatic N) is 2. The van der Waals surface area contributed by atoms with Gasteiger partial charge in [-0.3, -0.25) is 9.69 Å². The maximum atomic E-state index is 12.2. The molecule has 2 aliphatic heterocycles. The summed E-state index contributed by atoms with van der Waals surface area (Å²) in [7, 11) is 0. The Bertz CT molecular complexity index is 398. The molecule has 5 nitrogen and oxygen atoms in total. The third-order valence-corrected chi connectivity index (χ3v) is 3.29. The summed E-state index contributed by atoms with van der Waals surface area (Å²) >= 11 is 0. The van der Waals surface area contributed by atoms with Crippen LogP contribution in [0, 0.1) is 0 Å². The van der Waals surface area contributed by atoms with E-state index in [2.05, 4.69) is 12.2 Å². The summed E-state index contributed by atoms with van der Waals surface area (Å²) in [5, 5.41) is 0. The Morgan fingerprint density at radius 2 is 2.11 bits per heavy atom. The molecule has 0 saturated carbocycles. The number of hydrogen-bond donors (Lipinski definition) is 0. The molecule has 0 radical (unpaired) electrons. The van der Waals surface area contributed by atoms with Gasteiger partial charge in [0.25, 0.3) is 0 Å². The second kappa shape index (κ2) is 5.23. The van der Waals surface area contributed by atoms with Crippen molar-refractivity contribution in [2.45, 2.75) is 45.3 Å². The van der Waals surface area contributed by atoms with Crippen LogP contribution in [0.5, 0.6) is 0 Å². The van der Waals surface area contributed by atoms with Gasteiger partial charge in [-0.25, -0.2) is 4.79 Å². The third kappa shape index (κ3) is 3.49. The van der Waals surface area contributed by atoms with Crippen molar-refractivity contribution >= 4 is 12.0 Å². The monoisotopic (exact) mass is 266 g/mol. The van der Waals surface area contributed by atoms with Crippen molar-refractivity contribution in [1.82, 2.24) is 9.80 Å². The average molecular weight is 266 g/mol. The van der Waals surface area contributed by atoms with Gasteiger partial charge in [-0.2, -0.15) is 0 Å². The summed E-state index contributed by atoms with van der Waals surface area (Å²) in [6.07, 6.45) is 5.46. The van der Waals surface area contributed by atoms with E-state index in [4.69, 9.17) is 4.74 Å². The first-order valence-electron chi connectivity index (χ1n) is 6.81. The normalized spacial score (nSPS) is 23.9. The highest BCUT2D eigenvalue weighted by atomic mass is 16.6. The molecule has 0 spiro atoms. The number of carbonyl (C=O) groups is 2. The zero-order chi connectivity index (χ0) is 14.0. The van der Waals surface area contributed by atoms with E-state index in [1.807, 2.05) is 25.7 Å². The number of hydrogen-bond acceptors (Lipinski definition) is 3. The summed E-state index contributed by atoms with van der Waals surface area (Å²) in [4.78, 5) is 27.6. The lowest BCUT2D eigenvalue weighted by atomic mass is 10.1. The van der Waals surface area contributed by atoms with E-state index in [0.717, 1.165) is 19.4 Å². The molecule has 106 valence electrons. The minimum Gasteiger partial charge on any atom is -0.444 e. The zero-order valence-electron chi connectivity index (χ0n) is 11.9. The molecule has 1 atom stereocenters. The summed E-state index contributed by atoms with van der Waals surface area (Å²) in [5.41, 5.74) is -0.528. The van der Waals surface area contributed by atoms with Gasteiger partial charge < -0.3 is 9.64 Å². The largest absolute Gasteiger partial charge is 0.444 e. The van der Waals surface area contributed by atoms with Crippen molar-refractivity contribution in [3.05, 3.63) is 12.2 Å².